The highest BCUT2D eigenvalue weighted by atomic mass is 16.3. The summed E-state index contributed by atoms with van der Waals surface area (Å²) in [5.41, 5.74) is 0.0565. The minimum absolute atomic E-state index is 0.721. The van der Waals surface area contributed by atoms with Gasteiger partial charge in [0, 0.05) is 0 Å². The highest BCUT2D eigenvalue weighted by Crippen LogP contribution is 2.30. The number of carbonyl (C=O) groups excluding carboxylic acids is 1. The Kier molecular flexibility index (Phi) is 2.83. The first kappa shape index (κ1) is 9.93. The largest absolute Gasteiger partial charge is 0.387 e. The number of aldehydes is 1. The molecule has 0 heterocycles. The normalized spacial score (nSPS) is 13.8. The van der Waals surface area contributed by atoms with E-state index in [1.54, 1.807) is 13.8 Å². The predicted molar refractivity (Wildman–Crippen MR) is 51.2 cm³/mol. The fraction of sp³-hybridized carbons (Fsp3) is 0.364. The van der Waals surface area contributed by atoms with Crippen molar-refractivity contribution in [2.45, 2.75) is 20.0 Å². The van der Waals surface area contributed by atoms with Gasteiger partial charge in [0.15, 0.2) is 0 Å². The van der Waals surface area contributed by atoms with E-state index in [0.29, 0.717) is 0 Å². The van der Waals surface area contributed by atoms with E-state index in [2.05, 4.69) is 0 Å². The van der Waals surface area contributed by atoms with E-state index in [0.717, 1.165) is 11.8 Å². The molecule has 1 N–H and O–H groups in total. The number of benzene rings is 1. The molecule has 0 aliphatic carbocycles. The van der Waals surface area contributed by atoms with Gasteiger partial charge in [-0.2, -0.15) is 0 Å². The zero-order chi connectivity index (χ0) is 9.90. The molecule has 0 aliphatic rings. The zero-order valence-electron chi connectivity index (χ0n) is 7.90. The van der Waals surface area contributed by atoms with E-state index in [-0.39, 0.29) is 0 Å². The Balaban J connectivity index is 2.91. The van der Waals surface area contributed by atoms with Crippen LogP contribution in [0.2, 0.25) is 0 Å². The van der Waals surface area contributed by atoms with Crippen LogP contribution in [-0.4, -0.2) is 11.4 Å². The maximum atomic E-state index is 10.7. The van der Waals surface area contributed by atoms with E-state index >= 15 is 0 Å². The summed E-state index contributed by atoms with van der Waals surface area (Å²) in [7, 11) is 0. The van der Waals surface area contributed by atoms with Crippen LogP contribution in [0.5, 0.6) is 0 Å². The molecule has 0 aromatic heterocycles. The van der Waals surface area contributed by atoms with E-state index < -0.39 is 11.5 Å². The number of hydrogen-bond donors (Lipinski definition) is 1. The maximum Gasteiger partial charge on any atom is 0.128 e. The van der Waals surface area contributed by atoms with Gasteiger partial charge in [0.05, 0.1) is 11.5 Å². The molecule has 0 aliphatic heterocycles. The SMILES string of the molecule is CC(C)(C=O)[C@H](O)c1ccccc1. The third-order valence-corrected chi connectivity index (χ3v) is 2.12. The van der Waals surface area contributed by atoms with Gasteiger partial charge in [-0.1, -0.05) is 44.2 Å². The molecule has 0 fully saturated rings. The van der Waals surface area contributed by atoms with Gasteiger partial charge in [-0.05, 0) is 5.56 Å². The molecule has 0 spiro atoms. The Labute approximate surface area is 78.2 Å². The summed E-state index contributed by atoms with van der Waals surface area (Å²) in [5, 5.41) is 9.82. The molecule has 0 unspecified atom stereocenters. The van der Waals surface area contributed by atoms with Gasteiger partial charge in [0.1, 0.15) is 6.29 Å². The number of aliphatic hydroxyl groups excluding tert-OH is 1. The van der Waals surface area contributed by atoms with Gasteiger partial charge in [-0.15, -0.1) is 0 Å². The summed E-state index contributed by atoms with van der Waals surface area (Å²) >= 11 is 0. The predicted octanol–water partition coefficient (Wildman–Crippen LogP) is 1.95. The first-order chi connectivity index (χ1) is 6.08. The number of hydrogen-bond acceptors (Lipinski definition) is 2. The second-order valence-corrected chi connectivity index (χ2v) is 3.75. The first-order valence-corrected chi connectivity index (χ1v) is 4.27. The van der Waals surface area contributed by atoms with E-state index in [9.17, 15) is 9.90 Å². The first-order valence-electron chi connectivity index (χ1n) is 4.27. The van der Waals surface area contributed by atoms with Crippen molar-refractivity contribution in [1.82, 2.24) is 0 Å². The van der Waals surface area contributed by atoms with Crippen LogP contribution in [0, 0.1) is 5.41 Å². The van der Waals surface area contributed by atoms with E-state index in [4.69, 9.17) is 0 Å². The fourth-order valence-electron chi connectivity index (χ4n) is 1.13. The third-order valence-electron chi connectivity index (χ3n) is 2.12. The molecule has 2 nitrogen and oxygen atoms in total. The molecule has 1 aromatic rings. The molecule has 0 bridgehead atoms. The van der Waals surface area contributed by atoms with Gasteiger partial charge in [-0.3, -0.25) is 0 Å². The van der Waals surface area contributed by atoms with Crippen molar-refractivity contribution in [3.05, 3.63) is 35.9 Å². The van der Waals surface area contributed by atoms with Crippen molar-refractivity contribution < 1.29 is 9.90 Å². The van der Waals surface area contributed by atoms with Gasteiger partial charge in [-0.25, -0.2) is 0 Å². The Bertz CT molecular complexity index is 277. The molecular weight excluding hydrogens is 164 g/mol. The molecule has 0 saturated carbocycles. The van der Waals surface area contributed by atoms with Crippen LogP contribution in [0.4, 0.5) is 0 Å². The van der Waals surface area contributed by atoms with Crippen molar-refractivity contribution in [3.63, 3.8) is 0 Å². The minimum atomic E-state index is -0.730. The van der Waals surface area contributed by atoms with Gasteiger partial charge < -0.3 is 9.90 Å². The standard InChI is InChI=1S/C11H14O2/c1-11(2,8-12)10(13)9-6-4-3-5-7-9/h3-8,10,13H,1-2H3/t10-/m1/s1. The maximum absolute atomic E-state index is 10.7. The average molecular weight is 178 g/mol. The highest BCUT2D eigenvalue weighted by molar-refractivity contribution is 5.59. The van der Waals surface area contributed by atoms with Crippen LogP contribution in [0.3, 0.4) is 0 Å². The highest BCUT2D eigenvalue weighted by Gasteiger charge is 2.28. The van der Waals surface area contributed by atoms with Crippen molar-refractivity contribution in [2.24, 2.45) is 5.41 Å². The van der Waals surface area contributed by atoms with Crippen molar-refractivity contribution in [1.29, 1.82) is 0 Å². The number of rotatable bonds is 3. The number of aliphatic hydroxyl groups is 1. The Morgan fingerprint density at radius 3 is 2.31 bits per heavy atom. The molecule has 13 heavy (non-hydrogen) atoms. The van der Waals surface area contributed by atoms with Crippen molar-refractivity contribution in [3.8, 4) is 0 Å². The summed E-state index contributed by atoms with van der Waals surface area (Å²) in [6, 6.07) is 9.20. The molecule has 2 heteroatoms. The molecular formula is C11H14O2. The summed E-state index contributed by atoms with van der Waals surface area (Å²) in [6.45, 7) is 3.44. The lowest BCUT2D eigenvalue weighted by atomic mass is 9.84. The molecule has 1 atom stereocenters. The summed E-state index contributed by atoms with van der Waals surface area (Å²) in [5.74, 6) is 0. The monoisotopic (exact) mass is 178 g/mol. The van der Waals surface area contributed by atoms with E-state index in [1.807, 2.05) is 30.3 Å². The number of carbonyl (C=O) groups is 1. The fourth-order valence-corrected chi connectivity index (χ4v) is 1.13. The van der Waals surface area contributed by atoms with Gasteiger partial charge in [0.25, 0.3) is 0 Å². The Hall–Kier alpha value is -1.15. The molecule has 70 valence electrons. The summed E-state index contributed by atoms with van der Waals surface area (Å²) < 4.78 is 0. The summed E-state index contributed by atoms with van der Waals surface area (Å²) in [4.78, 5) is 10.7. The van der Waals surface area contributed by atoms with Crippen molar-refractivity contribution in [2.75, 3.05) is 0 Å². The quantitative estimate of drug-likeness (QED) is 0.718. The molecule has 0 radical (unpaired) electrons. The molecule has 1 rings (SSSR count). The van der Waals surface area contributed by atoms with Crippen LogP contribution in [-0.2, 0) is 4.79 Å². The lowest BCUT2D eigenvalue weighted by Gasteiger charge is -2.24. The van der Waals surface area contributed by atoms with Crippen LogP contribution in [0.25, 0.3) is 0 Å². The smallest absolute Gasteiger partial charge is 0.128 e. The topological polar surface area (TPSA) is 37.3 Å². The second kappa shape index (κ2) is 3.71. The second-order valence-electron chi connectivity index (χ2n) is 3.75. The van der Waals surface area contributed by atoms with Gasteiger partial charge in [0.2, 0.25) is 0 Å². The lowest BCUT2D eigenvalue weighted by Crippen LogP contribution is -2.23. The van der Waals surface area contributed by atoms with Crippen LogP contribution in [0.15, 0.2) is 30.3 Å². The Morgan fingerprint density at radius 1 is 1.31 bits per heavy atom. The van der Waals surface area contributed by atoms with Crippen molar-refractivity contribution >= 4 is 6.29 Å². The van der Waals surface area contributed by atoms with Crippen LogP contribution in [0.1, 0.15) is 25.5 Å². The van der Waals surface area contributed by atoms with Crippen LogP contribution >= 0.6 is 0 Å². The molecule has 0 saturated heterocycles. The average Bonchev–Trinajstić information content (AvgIpc) is 2.18. The summed E-state index contributed by atoms with van der Waals surface area (Å²) in [6.07, 6.45) is 0.0520. The molecule has 1 aromatic carbocycles. The zero-order valence-corrected chi connectivity index (χ0v) is 7.90. The van der Waals surface area contributed by atoms with Gasteiger partial charge >= 0.3 is 0 Å². The van der Waals surface area contributed by atoms with E-state index in [1.165, 1.54) is 0 Å². The Morgan fingerprint density at radius 2 is 1.85 bits per heavy atom. The van der Waals surface area contributed by atoms with Crippen LogP contribution < -0.4 is 0 Å². The molecule has 0 amide bonds. The third kappa shape index (κ3) is 2.16. The lowest BCUT2D eigenvalue weighted by molar-refractivity contribution is -0.120. The minimum Gasteiger partial charge on any atom is -0.387 e.